The van der Waals surface area contributed by atoms with Crippen LogP contribution in [-0.4, -0.2) is 52.8 Å². The van der Waals surface area contributed by atoms with Gasteiger partial charge in [-0.2, -0.15) is 0 Å². The monoisotopic (exact) mass is 384 g/mol. The number of hydrogen-bond acceptors (Lipinski definition) is 4. The maximum atomic E-state index is 5.36. The third-order valence-corrected chi connectivity index (χ3v) is 4.36. The van der Waals surface area contributed by atoms with Crippen molar-refractivity contribution in [1.82, 2.24) is 15.5 Å². The van der Waals surface area contributed by atoms with Gasteiger partial charge in [0.1, 0.15) is 0 Å². The number of rotatable bonds is 9. The molecule has 0 saturated carbocycles. The second-order valence-electron chi connectivity index (χ2n) is 6.85. The molecule has 6 nitrogen and oxygen atoms in total. The van der Waals surface area contributed by atoms with E-state index >= 15 is 0 Å². The molecule has 0 spiro atoms. The lowest BCUT2D eigenvalue weighted by atomic mass is 10.1. The zero-order chi connectivity index (χ0) is 20.4. The number of ether oxygens (including phenoxy) is 2. The van der Waals surface area contributed by atoms with Crippen LogP contribution in [0.3, 0.4) is 0 Å². The molecule has 0 aliphatic carbocycles. The molecule has 2 N–H and O–H groups in total. The smallest absolute Gasteiger partial charge is 0.191 e. The summed E-state index contributed by atoms with van der Waals surface area (Å²) in [6.07, 6.45) is 0.861. The standard InChI is InChI=1S/C22H32N4O2/c1-23-22(25-15-18-6-8-19(9-7-18)16-26(2)3)24-13-12-17-10-11-20(27-4)21(14-17)28-5/h6-11,14H,12-13,15-16H2,1-5H3,(H2,23,24,25). The summed E-state index contributed by atoms with van der Waals surface area (Å²) in [5.41, 5.74) is 3.72. The molecule has 0 amide bonds. The van der Waals surface area contributed by atoms with Gasteiger partial charge in [0.15, 0.2) is 17.5 Å². The number of guanidine groups is 1. The van der Waals surface area contributed by atoms with E-state index in [4.69, 9.17) is 9.47 Å². The Morgan fingerprint density at radius 2 is 1.54 bits per heavy atom. The van der Waals surface area contributed by atoms with Crippen LogP contribution in [0.1, 0.15) is 16.7 Å². The molecular weight excluding hydrogens is 352 g/mol. The van der Waals surface area contributed by atoms with Crippen molar-refractivity contribution >= 4 is 5.96 Å². The molecule has 0 heterocycles. The van der Waals surface area contributed by atoms with Crippen molar-refractivity contribution in [2.45, 2.75) is 19.5 Å². The first-order valence-corrected chi connectivity index (χ1v) is 9.43. The first-order valence-electron chi connectivity index (χ1n) is 9.43. The molecule has 28 heavy (non-hydrogen) atoms. The molecule has 2 rings (SSSR count). The molecule has 152 valence electrons. The Labute approximate surface area is 168 Å². The minimum atomic E-state index is 0.734. The number of hydrogen-bond donors (Lipinski definition) is 2. The summed E-state index contributed by atoms with van der Waals surface area (Å²) >= 11 is 0. The molecule has 0 aliphatic rings. The molecule has 0 unspecified atom stereocenters. The van der Waals surface area contributed by atoms with E-state index in [0.29, 0.717) is 0 Å². The van der Waals surface area contributed by atoms with Crippen LogP contribution in [-0.2, 0) is 19.5 Å². The number of aliphatic imine (C=N–C) groups is 1. The first kappa shape index (κ1) is 21.6. The van der Waals surface area contributed by atoms with Crippen LogP contribution < -0.4 is 20.1 Å². The highest BCUT2D eigenvalue weighted by atomic mass is 16.5. The van der Waals surface area contributed by atoms with Crippen LogP contribution in [0.15, 0.2) is 47.5 Å². The highest BCUT2D eigenvalue weighted by Gasteiger charge is 2.05. The maximum absolute atomic E-state index is 5.36. The van der Waals surface area contributed by atoms with Gasteiger partial charge in [-0.3, -0.25) is 4.99 Å². The van der Waals surface area contributed by atoms with E-state index in [9.17, 15) is 0 Å². The molecule has 6 heteroatoms. The molecule has 0 aromatic heterocycles. The van der Waals surface area contributed by atoms with Crippen LogP contribution in [0.25, 0.3) is 0 Å². The van der Waals surface area contributed by atoms with Crippen LogP contribution in [0.2, 0.25) is 0 Å². The van der Waals surface area contributed by atoms with Gasteiger partial charge >= 0.3 is 0 Å². The Bertz CT molecular complexity index is 758. The minimum Gasteiger partial charge on any atom is -0.493 e. The summed E-state index contributed by atoms with van der Waals surface area (Å²) in [5, 5.41) is 6.71. The van der Waals surface area contributed by atoms with Crippen LogP contribution in [0, 0.1) is 0 Å². The minimum absolute atomic E-state index is 0.734. The van der Waals surface area contributed by atoms with Crippen LogP contribution in [0.5, 0.6) is 11.5 Å². The van der Waals surface area contributed by atoms with E-state index < -0.39 is 0 Å². The Kier molecular flexibility index (Phi) is 8.62. The summed E-state index contributed by atoms with van der Waals surface area (Å²) in [5.74, 6) is 2.28. The van der Waals surface area contributed by atoms with Crippen LogP contribution in [0.4, 0.5) is 0 Å². The molecule has 0 atom stereocenters. The number of nitrogens with one attached hydrogen (secondary N) is 2. The van der Waals surface area contributed by atoms with Gasteiger partial charge in [-0.1, -0.05) is 30.3 Å². The summed E-state index contributed by atoms with van der Waals surface area (Å²) in [6.45, 7) is 2.46. The van der Waals surface area contributed by atoms with Crippen molar-refractivity contribution in [3.63, 3.8) is 0 Å². The van der Waals surface area contributed by atoms with E-state index in [1.54, 1.807) is 21.3 Å². The SMILES string of the molecule is CN=C(NCCc1ccc(OC)c(OC)c1)NCc1ccc(CN(C)C)cc1. The number of benzene rings is 2. The molecule has 2 aromatic carbocycles. The van der Waals surface area contributed by atoms with Crippen molar-refractivity contribution in [3.8, 4) is 11.5 Å². The lowest BCUT2D eigenvalue weighted by molar-refractivity contribution is 0.354. The maximum Gasteiger partial charge on any atom is 0.191 e. The van der Waals surface area contributed by atoms with Gasteiger partial charge in [0, 0.05) is 26.7 Å². The average molecular weight is 385 g/mol. The third kappa shape index (κ3) is 6.78. The molecule has 0 radical (unpaired) electrons. The third-order valence-electron chi connectivity index (χ3n) is 4.36. The zero-order valence-electron chi connectivity index (χ0n) is 17.6. The molecule has 2 aromatic rings. The lowest BCUT2D eigenvalue weighted by Crippen LogP contribution is -2.37. The van der Waals surface area contributed by atoms with E-state index in [1.807, 2.05) is 12.1 Å². The van der Waals surface area contributed by atoms with Gasteiger partial charge in [-0.15, -0.1) is 0 Å². The topological polar surface area (TPSA) is 58.1 Å². The van der Waals surface area contributed by atoms with E-state index in [0.717, 1.165) is 43.5 Å². The normalized spacial score (nSPS) is 11.4. The Hall–Kier alpha value is -2.73. The summed E-state index contributed by atoms with van der Waals surface area (Å²) in [4.78, 5) is 6.46. The average Bonchev–Trinajstić information content (AvgIpc) is 2.71. The predicted molar refractivity (Wildman–Crippen MR) is 115 cm³/mol. The Balaban J connectivity index is 1.80. The molecular formula is C22H32N4O2. The lowest BCUT2D eigenvalue weighted by Gasteiger charge is -2.14. The fourth-order valence-corrected chi connectivity index (χ4v) is 2.90. The van der Waals surface area contributed by atoms with E-state index in [1.165, 1.54) is 16.7 Å². The van der Waals surface area contributed by atoms with E-state index in [2.05, 4.69) is 65.0 Å². The largest absolute Gasteiger partial charge is 0.493 e. The fourth-order valence-electron chi connectivity index (χ4n) is 2.90. The Morgan fingerprint density at radius 3 is 2.14 bits per heavy atom. The summed E-state index contributed by atoms with van der Waals surface area (Å²) < 4.78 is 10.6. The molecule has 0 saturated heterocycles. The van der Waals surface area contributed by atoms with Gasteiger partial charge in [0.05, 0.1) is 14.2 Å². The van der Waals surface area contributed by atoms with Gasteiger partial charge in [-0.25, -0.2) is 0 Å². The van der Waals surface area contributed by atoms with Crippen molar-refractivity contribution in [1.29, 1.82) is 0 Å². The van der Waals surface area contributed by atoms with Gasteiger partial charge in [0.2, 0.25) is 0 Å². The highest BCUT2D eigenvalue weighted by Crippen LogP contribution is 2.27. The fraction of sp³-hybridized carbons (Fsp3) is 0.409. The van der Waals surface area contributed by atoms with Crippen molar-refractivity contribution in [2.75, 3.05) is 41.9 Å². The summed E-state index contributed by atoms with van der Waals surface area (Å²) in [7, 11) is 9.23. The summed E-state index contributed by atoms with van der Waals surface area (Å²) in [6, 6.07) is 14.6. The van der Waals surface area contributed by atoms with Gasteiger partial charge < -0.3 is 25.0 Å². The Morgan fingerprint density at radius 1 is 0.893 bits per heavy atom. The second kappa shape index (κ2) is 11.2. The van der Waals surface area contributed by atoms with Crippen molar-refractivity contribution in [3.05, 3.63) is 59.2 Å². The second-order valence-corrected chi connectivity index (χ2v) is 6.85. The van der Waals surface area contributed by atoms with Gasteiger partial charge in [-0.05, 0) is 49.3 Å². The predicted octanol–water partition coefficient (Wildman–Crippen LogP) is 2.67. The molecule has 0 fully saturated rings. The van der Waals surface area contributed by atoms with Crippen molar-refractivity contribution < 1.29 is 9.47 Å². The zero-order valence-corrected chi connectivity index (χ0v) is 17.6. The number of methoxy groups -OCH3 is 2. The highest BCUT2D eigenvalue weighted by molar-refractivity contribution is 5.79. The van der Waals surface area contributed by atoms with Crippen LogP contribution >= 0.6 is 0 Å². The quantitative estimate of drug-likeness (QED) is 0.514. The molecule has 0 aliphatic heterocycles. The number of nitrogens with zero attached hydrogens (tertiary/aromatic N) is 2. The van der Waals surface area contributed by atoms with Crippen molar-refractivity contribution in [2.24, 2.45) is 4.99 Å². The first-order chi connectivity index (χ1) is 13.5. The molecule has 0 bridgehead atoms. The van der Waals surface area contributed by atoms with E-state index in [-0.39, 0.29) is 0 Å². The van der Waals surface area contributed by atoms with Gasteiger partial charge in [0.25, 0.3) is 0 Å².